The Kier molecular flexibility index (Phi) is 2.90. The van der Waals surface area contributed by atoms with Gasteiger partial charge < -0.3 is 9.64 Å². The van der Waals surface area contributed by atoms with Crippen molar-refractivity contribution in [2.24, 2.45) is 17.3 Å². The molecule has 1 aliphatic heterocycles. The van der Waals surface area contributed by atoms with Crippen LogP contribution in [0.25, 0.3) is 0 Å². The van der Waals surface area contributed by atoms with E-state index in [4.69, 9.17) is 4.74 Å². The van der Waals surface area contributed by atoms with Crippen LogP contribution in [0.2, 0.25) is 0 Å². The summed E-state index contributed by atoms with van der Waals surface area (Å²) in [5.74, 6) is -2.11. The molecule has 110 valence electrons. The first-order chi connectivity index (χ1) is 9.94. The van der Waals surface area contributed by atoms with Crippen molar-refractivity contribution in [1.82, 2.24) is 0 Å². The topological polar surface area (TPSA) is 63.7 Å². The van der Waals surface area contributed by atoms with Gasteiger partial charge in [-0.1, -0.05) is 19.1 Å². The van der Waals surface area contributed by atoms with E-state index in [1.807, 2.05) is 0 Å². The molecule has 0 spiro atoms. The van der Waals surface area contributed by atoms with Gasteiger partial charge in [0.2, 0.25) is 5.91 Å². The summed E-state index contributed by atoms with van der Waals surface area (Å²) >= 11 is 0. The highest BCUT2D eigenvalue weighted by molar-refractivity contribution is 6.19. The van der Waals surface area contributed by atoms with Crippen molar-refractivity contribution in [2.75, 3.05) is 18.6 Å². The maximum atomic E-state index is 12.8. The van der Waals surface area contributed by atoms with E-state index in [9.17, 15) is 14.4 Å². The van der Waals surface area contributed by atoms with Crippen LogP contribution in [0.1, 0.15) is 24.2 Å². The Morgan fingerprint density at radius 2 is 2.00 bits per heavy atom. The molecule has 3 rings (SSSR count). The van der Waals surface area contributed by atoms with Crippen molar-refractivity contribution in [3.8, 4) is 0 Å². The number of carbonyl (C=O) groups excluding carboxylic acids is 3. The number of para-hydroxylation sites is 1. The van der Waals surface area contributed by atoms with Crippen LogP contribution in [0.4, 0.5) is 5.69 Å². The molecular formula is C16H17NO4. The Morgan fingerprint density at radius 3 is 2.67 bits per heavy atom. The normalized spacial score (nSPS) is 30.3. The van der Waals surface area contributed by atoms with E-state index in [-0.39, 0.29) is 18.3 Å². The number of carbonyl (C=O) groups is 3. The van der Waals surface area contributed by atoms with Gasteiger partial charge in [0.15, 0.2) is 5.78 Å². The molecule has 21 heavy (non-hydrogen) atoms. The number of anilines is 1. The highest BCUT2D eigenvalue weighted by atomic mass is 16.5. The number of nitrogens with zero attached hydrogens (tertiary/aromatic N) is 1. The summed E-state index contributed by atoms with van der Waals surface area (Å²) in [6, 6.07) is 7.01. The van der Waals surface area contributed by atoms with Crippen molar-refractivity contribution >= 4 is 23.3 Å². The molecule has 0 bridgehead atoms. The SMILES string of the molecule is CCOC(=O)[C@@H]1[C@@H]2C(=O)N(C)c3ccccc3C(=O)[C@]12C. The van der Waals surface area contributed by atoms with Crippen molar-refractivity contribution in [1.29, 1.82) is 0 Å². The molecule has 1 aliphatic carbocycles. The Hall–Kier alpha value is -2.17. The van der Waals surface area contributed by atoms with Gasteiger partial charge in [0, 0.05) is 12.6 Å². The molecule has 0 saturated heterocycles. The molecule has 0 aromatic heterocycles. The van der Waals surface area contributed by atoms with E-state index in [0.29, 0.717) is 11.3 Å². The number of hydrogen-bond acceptors (Lipinski definition) is 4. The lowest BCUT2D eigenvalue weighted by Gasteiger charge is -2.18. The predicted octanol–water partition coefficient (Wildman–Crippen LogP) is 1.66. The average molecular weight is 287 g/mol. The van der Waals surface area contributed by atoms with Crippen molar-refractivity contribution < 1.29 is 19.1 Å². The Labute approximate surface area is 122 Å². The minimum absolute atomic E-state index is 0.154. The van der Waals surface area contributed by atoms with Gasteiger partial charge in [-0.2, -0.15) is 0 Å². The number of fused-ring (bicyclic) bond motifs is 2. The third-order valence-corrected chi connectivity index (χ3v) is 4.65. The van der Waals surface area contributed by atoms with Gasteiger partial charge in [0.1, 0.15) is 0 Å². The first-order valence-corrected chi connectivity index (χ1v) is 7.02. The number of amides is 1. The summed E-state index contributed by atoms with van der Waals surface area (Å²) < 4.78 is 5.02. The number of ether oxygens (including phenoxy) is 1. The molecule has 1 saturated carbocycles. The molecule has 3 atom stereocenters. The third kappa shape index (κ3) is 1.66. The minimum atomic E-state index is -0.982. The van der Waals surface area contributed by atoms with Gasteiger partial charge in [0.25, 0.3) is 0 Å². The van der Waals surface area contributed by atoms with Gasteiger partial charge in [-0.3, -0.25) is 14.4 Å². The zero-order valence-electron chi connectivity index (χ0n) is 12.3. The predicted molar refractivity (Wildman–Crippen MR) is 75.9 cm³/mol. The summed E-state index contributed by atoms with van der Waals surface area (Å²) in [6.07, 6.45) is 0. The van der Waals surface area contributed by atoms with Gasteiger partial charge in [-0.25, -0.2) is 0 Å². The summed E-state index contributed by atoms with van der Waals surface area (Å²) in [5.41, 5.74) is 0.109. The second-order valence-electron chi connectivity index (χ2n) is 5.73. The van der Waals surface area contributed by atoms with Crippen LogP contribution in [-0.4, -0.2) is 31.3 Å². The van der Waals surface area contributed by atoms with Crippen molar-refractivity contribution in [3.63, 3.8) is 0 Å². The quantitative estimate of drug-likeness (QED) is 0.776. The number of Topliss-reactive ketones (excluding diaryl/α,β-unsaturated/α-hetero) is 1. The number of benzene rings is 1. The molecule has 1 aromatic rings. The molecule has 0 N–H and O–H groups in total. The Morgan fingerprint density at radius 1 is 1.33 bits per heavy atom. The maximum Gasteiger partial charge on any atom is 0.310 e. The number of ketones is 1. The molecule has 5 heteroatoms. The maximum absolute atomic E-state index is 12.8. The van der Waals surface area contributed by atoms with E-state index >= 15 is 0 Å². The third-order valence-electron chi connectivity index (χ3n) is 4.65. The smallest absolute Gasteiger partial charge is 0.310 e. The number of rotatable bonds is 2. The van der Waals surface area contributed by atoms with Crippen LogP contribution < -0.4 is 4.90 Å². The lowest BCUT2D eigenvalue weighted by atomic mass is 9.92. The average Bonchev–Trinajstić information content (AvgIpc) is 3.13. The second kappa shape index (κ2) is 4.41. The fourth-order valence-electron chi connectivity index (χ4n) is 3.38. The summed E-state index contributed by atoms with van der Waals surface area (Å²) in [7, 11) is 1.64. The van der Waals surface area contributed by atoms with Crippen LogP contribution in [-0.2, 0) is 14.3 Å². The summed E-state index contributed by atoms with van der Waals surface area (Å²) in [4.78, 5) is 38.9. The van der Waals surface area contributed by atoms with Crippen LogP contribution in [0.5, 0.6) is 0 Å². The zero-order valence-corrected chi connectivity index (χ0v) is 12.3. The van der Waals surface area contributed by atoms with E-state index in [1.54, 1.807) is 45.2 Å². The van der Waals surface area contributed by atoms with E-state index < -0.39 is 23.2 Å². The zero-order chi connectivity index (χ0) is 15.4. The summed E-state index contributed by atoms with van der Waals surface area (Å²) in [5, 5.41) is 0. The minimum Gasteiger partial charge on any atom is -0.466 e. The monoisotopic (exact) mass is 287 g/mol. The van der Waals surface area contributed by atoms with E-state index in [0.717, 1.165) is 0 Å². The fourth-order valence-corrected chi connectivity index (χ4v) is 3.38. The molecule has 2 aliphatic rings. The van der Waals surface area contributed by atoms with E-state index in [1.165, 1.54) is 4.90 Å². The molecule has 5 nitrogen and oxygen atoms in total. The largest absolute Gasteiger partial charge is 0.466 e. The fraction of sp³-hybridized carbons (Fsp3) is 0.438. The molecule has 1 amide bonds. The highest BCUT2D eigenvalue weighted by Gasteiger charge is 2.74. The highest BCUT2D eigenvalue weighted by Crippen LogP contribution is 2.63. The lowest BCUT2D eigenvalue weighted by Crippen LogP contribution is -2.29. The first-order valence-electron chi connectivity index (χ1n) is 7.02. The second-order valence-corrected chi connectivity index (χ2v) is 5.73. The van der Waals surface area contributed by atoms with Crippen molar-refractivity contribution in [2.45, 2.75) is 13.8 Å². The van der Waals surface area contributed by atoms with Gasteiger partial charge in [-0.15, -0.1) is 0 Å². The number of hydrogen-bond donors (Lipinski definition) is 0. The molecular weight excluding hydrogens is 270 g/mol. The van der Waals surface area contributed by atoms with Crippen LogP contribution in [0, 0.1) is 17.3 Å². The molecule has 0 radical (unpaired) electrons. The Bertz CT molecular complexity index is 653. The molecule has 0 unspecified atom stereocenters. The van der Waals surface area contributed by atoms with Gasteiger partial charge >= 0.3 is 5.97 Å². The van der Waals surface area contributed by atoms with Crippen LogP contribution in [0.3, 0.4) is 0 Å². The lowest BCUT2D eigenvalue weighted by molar-refractivity contribution is -0.146. The number of esters is 1. The van der Waals surface area contributed by atoms with Crippen molar-refractivity contribution in [3.05, 3.63) is 29.8 Å². The molecule has 1 aromatic carbocycles. The standard InChI is InChI=1S/C16H17NO4/c1-4-21-15(20)12-11-14(19)17(3)10-8-6-5-7-9(10)13(18)16(11,12)2/h5-8,11-12H,4H2,1-3H3/t11-,12+,16+/m1/s1. The van der Waals surface area contributed by atoms with E-state index in [2.05, 4.69) is 0 Å². The van der Waals surface area contributed by atoms with Crippen LogP contribution in [0.15, 0.2) is 24.3 Å². The Balaban J connectivity index is 2.09. The first kappa shape index (κ1) is 13.8. The molecule has 1 heterocycles. The molecule has 1 fully saturated rings. The van der Waals surface area contributed by atoms with Gasteiger partial charge in [0.05, 0.1) is 29.5 Å². The summed E-state index contributed by atoms with van der Waals surface area (Å²) in [6.45, 7) is 3.64. The van der Waals surface area contributed by atoms with Crippen LogP contribution >= 0.6 is 0 Å². The van der Waals surface area contributed by atoms with Gasteiger partial charge in [-0.05, 0) is 19.1 Å².